The Hall–Kier alpha value is -2.10. The van der Waals surface area contributed by atoms with Gasteiger partial charge in [-0.3, -0.25) is 9.59 Å². The Balaban J connectivity index is 2.16. The van der Waals surface area contributed by atoms with Crippen molar-refractivity contribution in [2.45, 2.75) is 38.8 Å². The van der Waals surface area contributed by atoms with Gasteiger partial charge in [0.1, 0.15) is 12.1 Å². The molecule has 1 aromatic rings. The summed E-state index contributed by atoms with van der Waals surface area (Å²) in [5.41, 5.74) is 1.05. The van der Waals surface area contributed by atoms with Crippen LogP contribution in [-0.2, 0) is 16.0 Å². The summed E-state index contributed by atoms with van der Waals surface area (Å²) in [7, 11) is 0. The summed E-state index contributed by atoms with van der Waals surface area (Å²) in [5, 5.41) is 2.87. The maximum atomic E-state index is 12.6. The van der Waals surface area contributed by atoms with E-state index in [2.05, 4.69) is 5.32 Å². The van der Waals surface area contributed by atoms with Gasteiger partial charge >= 0.3 is 0 Å². The number of nitrogens with one attached hydrogen (secondary N) is 1. The monoisotopic (exact) mass is 286 g/mol. The van der Waals surface area contributed by atoms with Gasteiger partial charge in [-0.2, -0.15) is 0 Å². The lowest BCUT2D eigenvalue weighted by molar-refractivity contribution is -0.148. The summed E-state index contributed by atoms with van der Waals surface area (Å²) >= 11 is 0. The lowest BCUT2D eigenvalue weighted by atomic mass is 9.99. The molecule has 2 unspecified atom stereocenters. The molecule has 112 valence electrons. The van der Waals surface area contributed by atoms with Gasteiger partial charge in [-0.25, -0.2) is 0 Å². The topological polar surface area (TPSA) is 49.4 Å². The molecule has 1 aliphatic rings. The van der Waals surface area contributed by atoms with Crippen molar-refractivity contribution in [3.63, 3.8) is 0 Å². The van der Waals surface area contributed by atoms with Crippen LogP contribution >= 0.6 is 0 Å². The van der Waals surface area contributed by atoms with Gasteiger partial charge in [0.25, 0.3) is 0 Å². The molecule has 1 aliphatic heterocycles. The zero-order valence-corrected chi connectivity index (χ0v) is 12.6. The SMILES string of the molecule is C/C=C/CN1C(=O)C(Cc2ccccc2)NC(=O)C1CC. The number of hydrogen-bond acceptors (Lipinski definition) is 2. The first-order valence-electron chi connectivity index (χ1n) is 7.43. The predicted molar refractivity (Wildman–Crippen MR) is 82.7 cm³/mol. The van der Waals surface area contributed by atoms with Crippen LogP contribution in [0.15, 0.2) is 42.5 Å². The second-order valence-electron chi connectivity index (χ2n) is 5.23. The summed E-state index contributed by atoms with van der Waals surface area (Å²) in [4.78, 5) is 26.5. The molecule has 0 spiro atoms. The van der Waals surface area contributed by atoms with E-state index in [-0.39, 0.29) is 17.9 Å². The molecule has 1 fully saturated rings. The molecule has 0 radical (unpaired) electrons. The quantitative estimate of drug-likeness (QED) is 0.841. The highest BCUT2D eigenvalue weighted by atomic mass is 16.2. The first-order valence-corrected chi connectivity index (χ1v) is 7.43. The van der Waals surface area contributed by atoms with E-state index in [1.807, 2.05) is 56.3 Å². The molecule has 4 heteroatoms. The summed E-state index contributed by atoms with van der Waals surface area (Å²) < 4.78 is 0. The molecule has 1 aromatic carbocycles. The van der Waals surface area contributed by atoms with E-state index in [1.54, 1.807) is 4.90 Å². The normalized spacial score (nSPS) is 22.7. The standard InChI is InChI=1S/C17H22N2O2/c1-3-5-11-19-15(4-2)16(20)18-14(17(19)21)12-13-9-7-6-8-10-13/h3,5-10,14-15H,4,11-12H2,1-2H3,(H,18,20)/b5-3+. The van der Waals surface area contributed by atoms with E-state index in [0.29, 0.717) is 19.4 Å². The van der Waals surface area contributed by atoms with Crippen molar-refractivity contribution in [1.82, 2.24) is 10.2 Å². The number of benzene rings is 1. The summed E-state index contributed by atoms with van der Waals surface area (Å²) in [6, 6.07) is 8.95. The van der Waals surface area contributed by atoms with Crippen LogP contribution in [0.25, 0.3) is 0 Å². The lowest BCUT2D eigenvalue weighted by Crippen LogP contribution is -2.63. The number of carbonyl (C=O) groups is 2. The molecule has 0 aromatic heterocycles. The van der Waals surface area contributed by atoms with Gasteiger partial charge in [0.05, 0.1) is 0 Å². The summed E-state index contributed by atoms with van der Waals surface area (Å²) in [5.74, 6) is -0.0501. The number of nitrogens with zero attached hydrogens (tertiary/aromatic N) is 1. The van der Waals surface area contributed by atoms with Crippen LogP contribution in [0.5, 0.6) is 0 Å². The Labute approximate surface area is 125 Å². The maximum Gasteiger partial charge on any atom is 0.246 e. The van der Waals surface area contributed by atoms with Gasteiger partial charge in [0.15, 0.2) is 0 Å². The Bertz CT molecular complexity index is 525. The van der Waals surface area contributed by atoms with Gasteiger partial charge in [0.2, 0.25) is 11.8 Å². The molecule has 2 amide bonds. The highest BCUT2D eigenvalue weighted by molar-refractivity contribution is 5.97. The van der Waals surface area contributed by atoms with Crippen LogP contribution in [0.4, 0.5) is 0 Å². The van der Waals surface area contributed by atoms with E-state index < -0.39 is 6.04 Å². The van der Waals surface area contributed by atoms with Crippen LogP contribution in [0, 0.1) is 0 Å². The second-order valence-corrected chi connectivity index (χ2v) is 5.23. The van der Waals surface area contributed by atoms with Crippen LogP contribution < -0.4 is 5.32 Å². The number of rotatable bonds is 5. The van der Waals surface area contributed by atoms with Crippen molar-refractivity contribution in [3.8, 4) is 0 Å². The van der Waals surface area contributed by atoms with Crippen molar-refractivity contribution in [2.24, 2.45) is 0 Å². The van der Waals surface area contributed by atoms with E-state index in [1.165, 1.54) is 0 Å². The molecule has 0 saturated carbocycles. The Morgan fingerprint density at radius 2 is 1.95 bits per heavy atom. The summed E-state index contributed by atoms with van der Waals surface area (Å²) in [6.07, 6.45) is 4.98. The molecule has 2 atom stereocenters. The van der Waals surface area contributed by atoms with E-state index >= 15 is 0 Å². The second kappa shape index (κ2) is 7.07. The van der Waals surface area contributed by atoms with Crippen LogP contribution in [0.2, 0.25) is 0 Å². The first kappa shape index (κ1) is 15.3. The lowest BCUT2D eigenvalue weighted by Gasteiger charge is -2.38. The molecule has 0 aliphatic carbocycles. The third kappa shape index (κ3) is 3.51. The smallest absolute Gasteiger partial charge is 0.246 e. The van der Waals surface area contributed by atoms with Gasteiger partial charge in [0, 0.05) is 13.0 Å². The molecule has 1 heterocycles. The zero-order valence-electron chi connectivity index (χ0n) is 12.6. The molecule has 4 nitrogen and oxygen atoms in total. The van der Waals surface area contributed by atoms with Crippen molar-refractivity contribution < 1.29 is 9.59 Å². The minimum absolute atomic E-state index is 0.00315. The van der Waals surface area contributed by atoms with Crippen molar-refractivity contribution >= 4 is 11.8 Å². The van der Waals surface area contributed by atoms with Crippen LogP contribution in [0.1, 0.15) is 25.8 Å². The average Bonchev–Trinajstić information content (AvgIpc) is 2.50. The van der Waals surface area contributed by atoms with E-state index in [4.69, 9.17) is 0 Å². The van der Waals surface area contributed by atoms with Gasteiger partial charge in [-0.05, 0) is 18.9 Å². The number of allylic oxidation sites excluding steroid dienone is 1. The van der Waals surface area contributed by atoms with Gasteiger partial charge in [-0.1, -0.05) is 49.4 Å². The van der Waals surface area contributed by atoms with Crippen molar-refractivity contribution in [3.05, 3.63) is 48.0 Å². The fourth-order valence-corrected chi connectivity index (χ4v) is 2.66. The highest BCUT2D eigenvalue weighted by Crippen LogP contribution is 2.16. The fourth-order valence-electron chi connectivity index (χ4n) is 2.66. The Morgan fingerprint density at radius 3 is 2.57 bits per heavy atom. The maximum absolute atomic E-state index is 12.6. The molecule has 0 bridgehead atoms. The number of piperazine rings is 1. The molecular formula is C17H22N2O2. The molecule has 1 saturated heterocycles. The Kier molecular flexibility index (Phi) is 5.14. The van der Waals surface area contributed by atoms with Crippen molar-refractivity contribution in [2.75, 3.05) is 6.54 Å². The van der Waals surface area contributed by atoms with Crippen LogP contribution in [0.3, 0.4) is 0 Å². The zero-order chi connectivity index (χ0) is 15.2. The third-order valence-electron chi connectivity index (χ3n) is 3.78. The van der Waals surface area contributed by atoms with Gasteiger partial charge in [-0.15, -0.1) is 0 Å². The largest absolute Gasteiger partial charge is 0.342 e. The minimum atomic E-state index is -0.465. The average molecular weight is 286 g/mol. The molecular weight excluding hydrogens is 264 g/mol. The third-order valence-corrected chi connectivity index (χ3v) is 3.78. The molecule has 21 heavy (non-hydrogen) atoms. The number of carbonyl (C=O) groups excluding carboxylic acids is 2. The minimum Gasteiger partial charge on any atom is -0.342 e. The Morgan fingerprint density at radius 1 is 1.24 bits per heavy atom. The molecule has 1 N–H and O–H groups in total. The van der Waals surface area contributed by atoms with E-state index in [9.17, 15) is 9.59 Å². The fraction of sp³-hybridized carbons (Fsp3) is 0.412. The summed E-state index contributed by atoms with van der Waals surface area (Å²) in [6.45, 7) is 4.33. The number of amides is 2. The van der Waals surface area contributed by atoms with Crippen LogP contribution in [-0.4, -0.2) is 35.3 Å². The molecule has 2 rings (SSSR count). The first-order chi connectivity index (χ1) is 10.2. The number of hydrogen-bond donors (Lipinski definition) is 1. The van der Waals surface area contributed by atoms with Gasteiger partial charge < -0.3 is 10.2 Å². The predicted octanol–water partition coefficient (Wildman–Crippen LogP) is 1.91. The van der Waals surface area contributed by atoms with Crippen molar-refractivity contribution in [1.29, 1.82) is 0 Å². The van der Waals surface area contributed by atoms with E-state index in [0.717, 1.165) is 5.56 Å². The highest BCUT2D eigenvalue weighted by Gasteiger charge is 2.38.